The predicted octanol–water partition coefficient (Wildman–Crippen LogP) is 3.26. The number of ether oxygens (including phenoxy) is 1. The lowest BCUT2D eigenvalue weighted by molar-refractivity contribution is -0.127. The molecule has 1 aromatic heterocycles. The summed E-state index contributed by atoms with van der Waals surface area (Å²) in [7, 11) is 1.71. The van der Waals surface area contributed by atoms with Crippen molar-refractivity contribution in [1.82, 2.24) is 9.78 Å². The molecule has 0 aliphatic heterocycles. The minimum atomic E-state index is -0.662. The quantitative estimate of drug-likeness (QED) is 0.938. The SMILES string of the molecule is COC1(C(O)c2ccnn2-c2ccccc2)CCCCC1. The maximum Gasteiger partial charge on any atom is 0.125 e. The first-order valence-corrected chi connectivity index (χ1v) is 7.59. The minimum absolute atomic E-state index is 0.481. The lowest BCUT2D eigenvalue weighted by atomic mass is 9.79. The van der Waals surface area contributed by atoms with Crippen LogP contribution >= 0.6 is 0 Å². The summed E-state index contributed by atoms with van der Waals surface area (Å²) in [4.78, 5) is 0. The third-order valence-corrected chi connectivity index (χ3v) is 4.56. The Morgan fingerprint density at radius 1 is 1.14 bits per heavy atom. The Balaban J connectivity index is 1.95. The van der Waals surface area contributed by atoms with E-state index in [0.29, 0.717) is 0 Å². The van der Waals surface area contributed by atoms with Crippen LogP contribution < -0.4 is 0 Å². The molecular weight excluding hydrogens is 264 g/mol. The molecule has 1 unspecified atom stereocenters. The molecule has 4 heteroatoms. The van der Waals surface area contributed by atoms with Crippen LogP contribution in [-0.4, -0.2) is 27.6 Å². The van der Waals surface area contributed by atoms with Crippen molar-refractivity contribution in [2.45, 2.75) is 43.8 Å². The van der Waals surface area contributed by atoms with Crippen molar-refractivity contribution < 1.29 is 9.84 Å². The van der Waals surface area contributed by atoms with Gasteiger partial charge in [0.25, 0.3) is 0 Å². The predicted molar refractivity (Wildman–Crippen MR) is 81.3 cm³/mol. The van der Waals surface area contributed by atoms with Gasteiger partial charge < -0.3 is 9.84 Å². The molecule has 1 aromatic carbocycles. The topological polar surface area (TPSA) is 47.3 Å². The first kappa shape index (κ1) is 14.3. The molecule has 0 saturated heterocycles. The number of rotatable bonds is 4. The summed E-state index contributed by atoms with van der Waals surface area (Å²) >= 11 is 0. The van der Waals surface area contributed by atoms with Gasteiger partial charge in [0.15, 0.2) is 0 Å². The zero-order chi connectivity index (χ0) is 14.7. The highest BCUT2D eigenvalue weighted by Crippen LogP contribution is 2.41. The molecule has 0 spiro atoms. The molecule has 1 N–H and O–H groups in total. The first-order valence-electron chi connectivity index (χ1n) is 7.59. The second-order valence-corrected chi connectivity index (χ2v) is 5.74. The van der Waals surface area contributed by atoms with E-state index in [1.807, 2.05) is 36.4 Å². The fraction of sp³-hybridized carbons (Fsp3) is 0.471. The second-order valence-electron chi connectivity index (χ2n) is 5.74. The molecule has 1 aliphatic rings. The largest absolute Gasteiger partial charge is 0.384 e. The van der Waals surface area contributed by atoms with Gasteiger partial charge in [-0.05, 0) is 31.0 Å². The molecule has 21 heavy (non-hydrogen) atoms. The number of benzene rings is 1. The summed E-state index contributed by atoms with van der Waals surface area (Å²) in [6.07, 6.45) is 6.28. The van der Waals surface area contributed by atoms with Crippen LogP contribution in [-0.2, 0) is 4.74 Å². The normalized spacial score (nSPS) is 19.3. The Labute approximate surface area is 125 Å². The van der Waals surface area contributed by atoms with E-state index in [-0.39, 0.29) is 0 Å². The monoisotopic (exact) mass is 286 g/mol. The van der Waals surface area contributed by atoms with Crippen LogP contribution in [0.1, 0.15) is 43.9 Å². The first-order chi connectivity index (χ1) is 10.3. The van der Waals surface area contributed by atoms with E-state index in [1.165, 1.54) is 6.42 Å². The highest BCUT2D eigenvalue weighted by Gasteiger charge is 2.41. The highest BCUT2D eigenvalue weighted by atomic mass is 16.5. The third kappa shape index (κ3) is 2.61. The molecule has 2 aromatic rings. The van der Waals surface area contributed by atoms with E-state index >= 15 is 0 Å². The van der Waals surface area contributed by atoms with Gasteiger partial charge in [0.2, 0.25) is 0 Å². The van der Waals surface area contributed by atoms with Gasteiger partial charge in [-0.25, -0.2) is 4.68 Å². The molecule has 1 heterocycles. The number of hydrogen-bond acceptors (Lipinski definition) is 3. The Bertz CT molecular complexity index is 573. The van der Waals surface area contributed by atoms with Gasteiger partial charge in [0, 0.05) is 13.3 Å². The van der Waals surface area contributed by atoms with Crippen molar-refractivity contribution in [2.24, 2.45) is 0 Å². The van der Waals surface area contributed by atoms with Crippen LogP contribution in [0.2, 0.25) is 0 Å². The standard InChI is InChI=1S/C17H22N2O2/c1-21-17(11-6-3-7-12-17)16(20)15-10-13-18-19(15)14-8-4-2-5-9-14/h2,4-5,8-10,13,16,20H,3,6-7,11-12H2,1H3. The van der Waals surface area contributed by atoms with Crippen molar-refractivity contribution in [3.63, 3.8) is 0 Å². The number of aliphatic hydroxyl groups is 1. The molecule has 4 nitrogen and oxygen atoms in total. The number of hydrogen-bond donors (Lipinski definition) is 1. The third-order valence-electron chi connectivity index (χ3n) is 4.56. The molecule has 1 fully saturated rings. The summed E-state index contributed by atoms with van der Waals surface area (Å²) in [5.41, 5.74) is 1.27. The Morgan fingerprint density at radius 3 is 2.52 bits per heavy atom. The Hall–Kier alpha value is -1.65. The molecule has 3 rings (SSSR count). The number of aliphatic hydroxyl groups excluding tert-OH is 1. The van der Waals surface area contributed by atoms with Gasteiger partial charge in [-0.3, -0.25) is 0 Å². The minimum Gasteiger partial charge on any atom is -0.384 e. The lowest BCUT2D eigenvalue weighted by Crippen LogP contribution is -2.41. The molecule has 1 saturated carbocycles. The smallest absolute Gasteiger partial charge is 0.125 e. The van der Waals surface area contributed by atoms with Crippen LogP contribution in [0.15, 0.2) is 42.6 Å². The summed E-state index contributed by atoms with van der Waals surface area (Å²) in [5, 5.41) is 15.3. The summed E-state index contributed by atoms with van der Waals surface area (Å²) in [6.45, 7) is 0. The van der Waals surface area contributed by atoms with E-state index in [2.05, 4.69) is 5.10 Å². The number of nitrogens with zero attached hydrogens (tertiary/aromatic N) is 2. The average Bonchev–Trinajstić information content (AvgIpc) is 3.05. The summed E-state index contributed by atoms with van der Waals surface area (Å²) in [5.74, 6) is 0. The van der Waals surface area contributed by atoms with Crippen molar-refractivity contribution in [1.29, 1.82) is 0 Å². The van der Waals surface area contributed by atoms with Crippen molar-refractivity contribution in [2.75, 3.05) is 7.11 Å². The fourth-order valence-corrected chi connectivity index (χ4v) is 3.31. The highest BCUT2D eigenvalue weighted by molar-refractivity contribution is 5.33. The van der Waals surface area contributed by atoms with E-state index in [1.54, 1.807) is 18.0 Å². The number of aromatic nitrogens is 2. The van der Waals surface area contributed by atoms with E-state index in [4.69, 9.17) is 4.74 Å². The van der Waals surface area contributed by atoms with E-state index in [0.717, 1.165) is 37.1 Å². The molecule has 112 valence electrons. The molecule has 0 bridgehead atoms. The van der Waals surface area contributed by atoms with Crippen LogP contribution in [0.4, 0.5) is 0 Å². The molecule has 0 amide bonds. The number of para-hydroxylation sites is 1. The van der Waals surface area contributed by atoms with E-state index < -0.39 is 11.7 Å². The van der Waals surface area contributed by atoms with E-state index in [9.17, 15) is 5.11 Å². The van der Waals surface area contributed by atoms with Crippen LogP contribution in [0.25, 0.3) is 5.69 Å². The second kappa shape index (κ2) is 6.00. The van der Waals surface area contributed by atoms with Gasteiger partial charge in [-0.2, -0.15) is 5.10 Å². The van der Waals surface area contributed by atoms with Crippen molar-refractivity contribution in [3.8, 4) is 5.69 Å². The van der Waals surface area contributed by atoms with Crippen molar-refractivity contribution in [3.05, 3.63) is 48.3 Å². The van der Waals surface area contributed by atoms with Crippen LogP contribution in [0.3, 0.4) is 0 Å². The zero-order valence-corrected chi connectivity index (χ0v) is 12.4. The van der Waals surface area contributed by atoms with Crippen LogP contribution in [0, 0.1) is 0 Å². The van der Waals surface area contributed by atoms with Gasteiger partial charge >= 0.3 is 0 Å². The van der Waals surface area contributed by atoms with Gasteiger partial charge in [-0.15, -0.1) is 0 Å². The Morgan fingerprint density at radius 2 is 1.86 bits per heavy atom. The summed E-state index contributed by atoms with van der Waals surface area (Å²) in [6, 6.07) is 11.8. The maximum atomic E-state index is 10.9. The van der Waals surface area contributed by atoms with Gasteiger partial charge in [-0.1, -0.05) is 37.5 Å². The van der Waals surface area contributed by atoms with Crippen LogP contribution in [0.5, 0.6) is 0 Å². The zero-order valence-electron chi connectivity index (χ0n) is 12.4. The Kier molecular flexibility index (Phi) is 4.08. The average molecular weight is 286 g/mol. The maximum absolute atomic E-state index is 10.9. The fourth-order valence-electron chi connectivity index (χ4n) is 3.31. The molecular formula is C17H22N2O2. The molecule has 1 atom stereocenters. The van der Waals surface area contributed by atoms with Gasteiger partial charge in [0.1, 0.15) is 6.10 Å². The lowest BCUT2D eigenvalue weighted by Gasteiger charge is -2.39. The van der Waals surface area contributed by atoms with Gasteiger partial charge in [0.05, 0.1) is 17.0 Å². The molecule has 0 radical (unpaired) electrons. The molecule has 1 aliphatic carbocycles. The van der Waals surface area contributed by atoms with Crippen molar-refractivity contribution >= 4 is 0 Å². The number of methoxy groups -OCH3 is 1. The summed E-state index contributed by atoms with van der Waals surface area (Å²) < 4.78 is 7.57.